The van der Waals surface area contributed by atoms with Crippen LogP contribution in [0.3, 0.4) is 0 Å². The van der Waals surface area contributed by atoms with Gasteiger partial charge in [0.05, 0.1) is 11.4 Å². The molecular formula is C11H14BrN3S2. The zero-order chi connectivity index (χ0) is 12.4. The summed E-state index contributed by atoms with van der Waals surface area (Å²) in [6, 6.07) is 2.24. The zero-order valence-corrected chi connectivity index (χ0v) is 12.8. The van der Waals surface area contributed by atoms with Crippen LogP contribution in [0.25, 0.3) is 0 Å². The van der Waals surface area contributed by atoms with Crippen LogP contribution < -0.4 is 5.73 Å². The fraction of sp³-hybridized carbons (Fsp3) is 0.364. The first-order valence-corrected chi connectivity index (χ1v) is 7.76. The van der Waals surface area contributed by atoms with Crippen molar-refractivity contribution in [2.75, 3.05) is 0 Å². The lowest BCUT2D eigenvalue weighted by Gasteiger charge is -2.17. The molecule has 0 fully saturated rings. The molecule has 0 aliphatic heterocycles. The second-order valence-electron chi connectivity index (χ2n) is 3.91. The Balaban J connectivity index is 2.18. The van der Waals surface area contributed by atoms with Crippen molar-refractivity contribution in [3.05, 3.63) is 33.2 Å². The summed E-state index contributed by atoms with van der Waals surface area (Å²) >= 11 is 6.99. The summed E-state index contributed by atoms with van der Waals surface area (Å²) in [6.45, 7) is 2.04. The third-order valence-corrected chi connectivity index (χ3v) is 5.64. The van der Waals surface area contributed by atoms with Gasteiger partial charge in [0.2, 0.25) is 0 Å². The highest BCUT2D eigenvalue weighted by molar-refractivity contribution is 9.10. The maximum atomic E-state index is 6.08. The number of aryl methyl sites for hydroxylation is 1. The first kappa shape index (κ1) is 13.1. The molecule has 2 N–H and O–H groups in total. The molecule has 0 aliphatic carbocycles. The molecule has 3 nitrogen and oxygen atoms in total. The number of nitrogens with zero attached hydrogens (tertiary/aromatic N) is 2. The van der Waals surface area contributed by atoms with Gasteiger partial charge in [-0.05, 0) is 28.9 Å². The fourth-order valence-electron chi connectivity index (χ4n) is 1.51. The van der Waals surface area contributed by atoms with Gasteiger partial charge < -0.3 is 5.73 Å². The number of thioether (sulfide) groups is 1. The lowest BCUT2D eigenvalue weighted by Crippen LogP contribution is -2.21. The first-order valence-electron chi connectivity index (χ1n) is 5.21. The number of hydrogen-bond donors (Lipinski definition) is 1. The number of hydrogen-bond acceptors (Lipinski definition) is 4. The highest BCUT2D eigenvalue weighted by Crippen LogP contribution is 2.40. The molecule has 2 atom stereocenters. The van der Waals surface area contributed by atoms with Gasteiger partial charge >= 0.3 is 0 Å². The number of rotatable bonds is 4. The van der Waals surface area contributed by atoms with Crippen molar-refractivity contribution < 1.29 is 0 Å². The molecule has 2 unspecified atom stereocenters. The van der Waals surface area contributed by atoms with Gasteiger partial charge in [0.1, 0.15) is 0 Å². The van der Waals surface area contributed by atoms with Gasteiger partial charge in [-0.3, -0.25) is 4.68 Å². The third kappa shape index (κ3) is 3.34. The molecule has 2 aromatic rings. The molecule has 2 heterocycles. The summed E-state index contributed by atoms with van der Waals surface area (Å²) in [5, 5.41) is 6.54. The second-order valence-corrected chi connectivity index (χ2v) is 6.99. The van der Waals surface area contributed by atoms with Crippen LogP contribution in [0.5, 0.6) is 0 Å². The Kier molecular flexibility index (Phi) is 4.30. The van der Waals surface area contributed by atoms with E-state index >= 15 is 0 Å². The van der Waals surface area contributed by atoms with Gasteiger partial charge in [-0.25, -0.2) is 0 Å². The molecule has 92 valence electrons. The van der Waals surface area contributed by atoms with E-state index in [4.69, 9.17) is 5.73 Å². The van der Waals surface area contributed by atoms with E-state index in [1.165, 1.54) is 4.88 Å². The minimum atomic E-state index is 0.103. The van der Waals surface area contributed by atoms with Gasteiger partial charge in [0, 0.05) is 38.9 Å². The Morgan fingerprint density at radius 2 is 2.35 bits per heavy atom. The monoisotopic (exact) mass is 331 g/mol. The van der Waals surface area contributed by atoms with Crippen molar-refractivity contribution in [1.29, 1.82) is 0 Å². The normalized spacial score (nSPS) is 14.8. The summed E-state index contributed by atoms with van der Waals surface area (Å²) < 4.78 is 2.93. The Labute approximate surface area is 118 Å². The van der Waals surface area contributed by atoms with E-state index in [2.05, 4.69) is 32.5 Å². The second kappa shape index (κ2) is 5.56. The highest BCUT2D eigenvalue weighted by Gasteiger charge is 2.20. The van der Waals surface area contributed by atoms with Gasteiger partial charge in [-0.15, -0.1) is 23.1 Å². The Hall–Kier alpha value is -0.300. The van der Waals surface area contributed by atoms with Crippen LogP contribution in [0.4, 0.5) is 0 Å². The minimum absolute atomic E-state index is 0.103. The average molecular weight is 332 g/mol. The number of thiophene rings is 1. The third-order valence-electron chi connectivity index (χ3n) is 2.29. The molecule has 0 bridgehead atoms. The van der Waals surface area contributed by atoms with Crippen LogP contribution in [0, 0.1) is 0 Å². The predicted molar refractivity (Wildman–Crippen MR) is 77.5 cm³/mol. The Bertz CT molecular complexity index is 492. The molecule has 0 aromatic carbocycles. The summed E-state index contributed by atoms with van der Waals surface area (Å²) in [6.07, 6.45) is 3.89. The van der Waals surface area contributed by atoms with E-state index in [0.717, 1.165) is 9.37 Å². The Morgan fingerprint density at radius 1 is 1.59 bits per heavy atom. The molecule has 0 radical (unpaired) electrons. The smallest absolute Gasteiger partial charge is 0.0626 e. The highest BCUT2D eigenvalue weighted by atomic mass is 79.9. The largest absolute Gasteiger partial charge is 0.327 e. The van der Waals surface area contributed by atoms with Gasteiger partial charge in [-0.1, -0.05) is 0 Å². The zero-order valence-electron chi connectivity index (χ0n) is 9.63. The maximum absolute atomic E-state index is 6.08. The van der Waals surface area contributed by atoms with E-state index in [-0.39, 0.29) is 11.3 Å². The van der Waals surface area contributed by atoms with Crippen molar-refractivity contribution in [2.45, 2.75) is 23.1 Å². The molecular weight excluding hydrogens is 318 g/mol. The molecule has 17 heavy (non-hydrogen) atoms. The van der Waals surface area contributed by atoms with Crippen molar-refractivity contribution in [3.63, 3.8) is 0 Å². The number of aromatic nitrogens is 2. The predicted octanol–water partition coefficient (Wildman–Crippen LogP) is 3.42. The summed E-state index contributed by atoms with van der Waals surface area (Å²) in [5.74, 6) is 0. The van der Waals surface area contributed by atoms with E-state index in [1.807, 2.05) is 31.0 Å². The molecule has 0 saturated heterocycles. The van der Waals surface area contributed by atoms with Crippen LogP contribution in [0.15, 0.2) is 33.2 Å². The van der Waals surface area contributed by atoms with Crippen LogP contribution >= 0.6 is 39.0 Å². The van der Waals surface area contributed by atoms with Gasteiger partial charge in [-0.2, -0.15) is 5.10 Å². The summed E-state index contributed by atoms with van der Waals surface area (Å²) in [7, 11) is 1.92. The van der Waals surface area contributed by atoms with Crippen molar-refractivity contribution in [2.24, 2.45) is 12.8 Å². The topological polar surface area (TPSA) is 43.8 Å². The SMILES string of the molecule is CC(N)C(Sc1cnn(C)c1)c1cc(Br)cs1. The van der Waals surface area contributed by atoms with E-state index < -0.39 is 0 Å². The van der Waals surface area contributed by atoms with Crippen LogP contribution in [0.1, 0.15) is 17.1 Å². The van der Waals surface area contributed by atoms with E-state index in [0.29, 0.717) is 0 Å². The average Bonchev–Trinajstić information content (AvgIpc) is 2.83. The van der Waals surface area contributed by atoms with Crippen LogP contribution in [-0.4, -0.2) is 15.8 Å². The molecule has 2 rings (SSSR count). The lowest BCUT2D eigenvalue weighted by atomic mass is 10.2. The maximum Gasteiger partial charge on any atom is 0.0626 e. The first-order chi connectivity index (χ1) is 8.06. The van der Waals surface area contributed by atoms with Crippen molar-refractivity contribution in [3.8, 4) is 0 Å². The Morgan fingerprint density at radius 3 is 2.82 bits per heavy atom. The number of nitrogens with two attached hydrogens (primary N) is 1. The molecule has 0 aliphatic rings. The quantitative estimate of drug-likeness (QED) is 0.873. The standard InChI is InChI=1S/C11H14BrN3S2/c1-7(13)11(10-3-8(12)6-16-10)17-9-4-14-15(2)5-9/h3-7,11H,13H2,1-2H3. The lowest BCUT2D eigenvalue weighted by molar-refractivity contribution is 0.729. The summed E-state index contributed by atoms with van der Waals surface area (Å²) in [4.78, 5) is 2.44. The van der Waals surface area contributed by atoms with E-state index in [9.17, 15) is 0 Å². The molecule has 0 amide bonds. The van der Waals surface area contributed by atoms with Crippen LogP contribution in [-0.2, 0) is 7.05 Å². The van der Waals surface area contributed by atoms with Gasteiger partial charge in [0.15, 0.2) is 0 Å². The minimum Gasteiger partial charge on any atom is -0.327 e. The molecule has 2 aromatic heterocycles. The molecule has 6 heteroatoms. The molecule has 0 saturated carbocycles. The molecule has 0 spiro atoms. The van der Waals surface area contributed by atoms with Gasteiger partial charge in [0.25, 0.3) is 0 Å². The van der Waals surface area contributed by atoms with Crippen LogP contribution in [0.2, 0.25) is 0 Å². The van der Waals surface area contributed by atoms with E-state index in [1.54, 1.807) is 23.1 Å². The van der Waals surface area contributed by atoms with Crippen molar-refractivity contribution in [1.82, 2.24) is 9.78 Å². The summed E-state index contributed by atoms with van der Waals surface area (Å²) in [5.41, 5.74) is 6.08. The number of halogens is 1. The van der Waals surface area contributed by atoms with Crippen molar-refractivity contribution >= 4 is 39.0 Å². The fourth-order valence-corrected chi connectivity index (χ4v) is 4.37.